The summed E-state index contributed by atoms with van der Waals surface area (Å²) in [7, 11) is 0.983. The molecule has 1 heterocycles. The lowest BCUT2D eigenvalue weighted by Crippen LogP contribution is -2.41. The summed E-state index contributed by atoms with van der Waals surface area (Å²) in [4.78, 5) is 12.0. The lowest BCUT2D eigenvalue weighted by Gasteiger charge is -2.32. The SMILES string of the molecule is CNC(=O)c1ccc(Cl)cc1B1OC(C)(C)C(C)(C)O1. The molecule has 4 nitrogen and oxygen atoms in total. The fourth-order valence-corrected chi connectivity index (χ4v) is 2.22. The molecule has 0 bridgehead atoms. The minimum atomic E-state index is -0.606. The Morgan fingerprint density at radius 3 is 2.25 bits per heavy atom. The van der Waals surface area contributed by atoms with Crippen molar-refractivity contribution < 1.29 is 14.1 Å². The van der Waals surface area contributed by atoms with Crippen LogP contribution >= 0.6 is 11.6 Å². The second-order valence-corrected chi connectivity index (χ2v) is 6.34. The summed E-state index contributed by atoms with van der Waals surface area (Å²) in [6.07, 6.45) is 0. The van der Waals surface area contributed by atoms with E-state index in [1.165, 1.54) is 0 Å². The second-order valence-electron chi connectivity index (χ2n) is 5.90. The van der Waals surface area contributed by atoms with Crippen molar-refractivity contribution >= 4 is 30.1 Å². The molecule has 0 radical (unpaired) electrons. The van der Waals surface area contributed by atoms with Gasteiger partial charge in [-0.2, -0.15) is 0 Å². The van der Waals surface area contributed by atoms with Gasteiger partial charge < -0.3 is 14.6 Å². The van der Waals surface area contributed by atoms with Crippen LogP contribution in [-0.2, 0) is 9.31 Å². The van der Waals surface area contributed by atoms with E-state index in [1.807, 2.05) is 27.7 Å². The molecule has 2 rings (SSSR count). The molecule has 1 aliphatic rings. The van der Waals surface area contributed by atoms with Crippen molar-refractivity contribution in [2.75, 3.05) is 7.05 Å². The summed E-state index contributed by atoms with van der Waals surface area (Å²) >= 11 is 6.04. The predicted molar refractivity (Wildman–Crippen MR) is 80.6 cm³/mol. The maximum Gasteiger partial charge on any atom is 0.495 e. The highest BCUT2D eigenvalue weighted by molar-refractivity contribution is 6.64. The molecule has 20 heavy (non-hydrogen) atoms. The monoisotopic (exact) mass is 295 g/mol. The van der Waals surface area contributed by atoms with Gasteiger partial charge in [-0.15, -0.1) is 0 Å². The average Bonchev–Trinajstić information content (AvgIpc) is 2.57. The van der Waals surface area contributed by atoms with E-state index in [-0.39, 0.29) is 5.91 Å². The molecule has 1 aliphatic heterocycles. The molecule has 1 aromatic carbocycles. The van der Waals surface area contributed by atoms with Crippen LogP contribution in [0.25, 0.3) is 0 Å². The molecule has 1 aromatic rings. The van der Waals surface area contributed by atoms with Crippen LogP contribution in [0.3, 0.4) is 0 Å². The standard InChI is InChI=1S/C14H19BClNO3/c1-13(2)14(3,4)20-15(19-13)11-8-9(16)6-7-10(11)12(18)17-5/h6-8H,1-5H3,(H,17,18). The van der Waals surface area contributed by atoms with Gasteiger partial charge in [0.1, 0.15) is 0 Å². The number of amides is 1. The van der Waals surface area contributed by atoms with Crippen LogP contribution in [0, 0.1) is 0 Å². The fourth-order valence-electron chi connectivity index (χ4n) is 2.04. The van der Waals surface area contributed by atoms with E-state index in [0.717, 1.165) is 0 Å². The molecule has 0 spiro atoms. The Balaban J connectivity index is 2.44. The van der Waals surface area contributed by atoms with Crippen molar-refractivity contribution in [2.45, 2.75) is 38.9 Å². The number of nitrogens with one attached hydrogen (secondary N) is 1. The summed E-state index contributed by atoms with van der Waals surface area (Å²) in [5, 5.41) is 3.16. The van der Waals surface area contributed by atoms with Gasteiger partial charge in [0.15, 0.2) is 0 Å². The molecule has 0 aromatic heterocycles. The maximum absolute atomic E-state index is 12.0. The highest BCUT2D eigenvalue weighted by atomic mass is 35.5. The largest absolute Gasteiger partial charge is 0.495 e. The van der Waals surface area contributed by atoms with E-state index in [1.54, 1.807) is 25.2 Å². The van der Waals surface area contributed by atoms with Crippen LogP contribution in [0.4, 0.5) is 0 Å². The molecule has 1 N–H and O–H groups in total. The van der Waals surface area contributed by atoms with Gasteiger partial charge in [0.25, 0.3) is 5.91 Å². The van der Waals surface area contributed by atoms with Crippen LogP contribution in [0.15, 0.2) is 18.2 Å². The number of hydrogen-bond donors (Lipinski definition) is 1. The molecular formula is C14H19BClNO3. The minimum Gasteiger partial charge on any atom is -0.399 e. The second kappa shape index (κ2) is 5.06. The Bertz CT molecular complexity index is 529. The zero-order valence-electron chi connectivity index (χ0n) is 12.4. The summed E-state index contributed by atoms with van der Waals surface area (Å²) in [6, 6.07) is 5.08. The molecule has 0 unspecified atom stereocenters. The highest BCUT2D eigenvalue weighted by Gasteiger charge is 2.52. The zero-order valence-corrected chi connectivity index (χ0v) is 13.2. The van der Waals surface area contributed by atoms with Crippen molar-refractivity contribution in [1.82, 2.24) is 5.32 Å². The Morgan fingerprint density at radius 1 is 1.20 bits per heavy atom. The minimum absolute atomic E-state index is 0.189. The summed E-state index contributed by atoms with van der Waals surface area (Å²) in [5.41, 5.74) is 0.241. The summed E-state index contributed by atoms with van der Waals surface area (Å²) < 4.78 is 12.0. The number of benzene rings is 1. The van der Waals surface area contributed by atoms with Gasteiger partial charge in [-0.25, -0.2) is 0 Å². The Hall–Kier alpha value is -1.04. The van der Waals surface area contributed by atoms with Crippen LogP contribution < -0.4 is 10.8 Å². The third kappa shape index (κ3) is 2.58. The third-order valence-electron chi connectivity index (χ3n) is 3.99. The summed E-state index contributed by atoms with van der Waals surface area (Å²) in [6.45, 7) is 7.88. The molecule has 1 fully saturated rings. The molecule has 0 saturated carbocycles. The van der Waals surface area contributed by atoms with Crippen molar-refractivity contribution in [2.24, 2.45) is 0 Å². The number of halogens is 1. The first-order valence-corrected chi connectivity index (χ1v) is 6.93. The first kappa shape index (κ1) is 15.4. The molecule has 1 saturated heterocycles. The number of hydrogen-bond acceptors (Lipinski definition) is 3. The molecule has 6 heteroatoms. The third-order valence-corrected chi connectivity index (χ3v) is 4.23. The van der Waals surface area contributed by atoms with Crippen molar-refractivity contribution in [3.05, 3.63) is 28.8 Å². The molecule has 108 valence electrons. The van der Waals surface area contributed by atoms with E-state index in [9.17, 15) is 4.79 Å². The van der Waals surface area contributed by atoms with Crippen LogP contribution in [-0.4, -0.2) is 31.3 Å². The van der Waals surface area contributed by atoms with Crippen molar-refractivity contribution in [3.63, 3.8) is 0 Å². The quantitative estimate of drug-likeness (QED) is 0.849. The lowest BCUT2D eigenvalue weighted by atomic mass is 9.75. The Morgan fingerprint density at radius 2 is 1.75 bits per heavy atom. The normalized spacial score (nSPS) is 20.0. The van der Waals surface area contributed by atoms with Gasteiger partial charge in [0, 0.05) is 17.6 Å². The topological polar surface area (TPSA) is 47.6 Å². The maximum atomic E-state index is 12.0. The highest BCUT2D eigenvalue weighted by Crippen LogP contribution is 2.36. The molecule has 0 aliphatic carbocycles. The molecular weight excluding hydrogens is 276 g/mol. The van der Waals surface area contributed by atoms with Gasteiger partial charge in [-0.3, -0.25) is 4.79 Å². The molecule has 1 amide bonds. The smallest absolute Gasteiger partial charge is 0.399 e. The Labute approximate surface area is 124 Å². The Kier molecular flexibility index (Phi) is 3.89. The van der Waals surface area contributed by atoms with Gasteiger partial charge in [0.05, 0.1) is 11.2 Å². The number of carbonyl (C=O) groups is 1. The zero-order chi connectivity index (χ0) is 15.1. The first-order valence-electron chi connectivity index (χ1n) is 6.55. The van der Waals surface area contributed by atoms with Crippen LogP contribution in [0.1, 0.15) is 38.1 Å². The van der Waals surface area contributed by atoms with Gasteiger partial charge in [0.2, 0.25) is 0 Å². The van der Waals surface area contributed by atoms with E-state index >= 15 is 0 Å². The summed E-state index contributed by atoms with van der Waals surface area (Å²) in [5.74, 6) is -0.189. The fraction of sp³-hybridized carbons (Fsp3) is 0.500. The van der Waals surface area contributed by atoms with Crippen molar-refractivity contribution in [3.8, 4) is 0 Å². The van der Waals surface area contributed by atoms with Crippen LogP contribution in [0.5, 0.6) is 0 Å². The van der Waals surface area contributed by atoms with E-state index < -0.39 is 18.3 Å². The van der Waals surface area contributed by atoms with E-state index in [4.69, 9.17) is 20.9 Å². The van der Waals surface area contributed by atoms with E-state index in [0.29, 0.717) is 16.0 Å². The van der Waals surface area contributed by atoms with Gasteiger partial charge in [-0.1, -0.05) is 11.6 Å². The number of carbonyl (C=O) groups excluding carboxylic acids is 1. The van der Waals surface area contributed by atoms with Crippen molar-refractivity contribution in [1.29, 1.82) is 0 Å². The number of rotatable bonds is 2. The lowest BCUT2D eigenvalue weighted by molar-refractivity contribution is 0.00578. The van der Waals surface area contributed by atoms with Gasteiger partial charge in [-0.05, 0) is 51.4 Å². The predicted octanol–water partition coefficient (Wildman–Crippen LogP) is 2.00. The van der Waals surface area contributed by atoms with Gasteiger partial charge >= 0.3 is 7.12 Å². The molecule has 0 atom stereocenters. The van der Waals surface area contributed by atoms with Crippen LogP contribution in [0.2, 0.25) is 5.02 Å². The first-order chi connectivity index (χ1) is 9.18. The van der Waals surface area contributed by atoms with E-state index in [2.05, 4.69) is 5.32 Å². The average molecular weight is 296 g/mol.